The number of amides is 1. The number of nitrogens with zero attached hydrogens (tertiary/aromatic N) is 1. The average Bonchev–Trinajstić information content (AvgIpc) is 3.21. The summed E-state index contributed by atoms with van der Waals surface area (Å²) in [4.78, 5) is 28.7. The number of rotatable bonds is 7. The molecule has 40 heavy (non-hydrogen) atoms. The largest absolute Gasteiger partial charge is 0.496 e. The Labute approximate surface area is 232 Å². The summed E-state index contributed by atoms with van der Waals surface area (Å²) >= 11 is 0. The molecule has 0 bridgehead atoms. The lowest BCUT2D eigenvalue weighted by atomic mass is 9.72. The molecule has 2 unspecified atom stereocenters. The van der Waals surface area contributed by atoms with Crippen LogP contribution in [0.5, 0.6) is 5.75 Å². The van der Waals surface area contributed by atoms with Crippen LogP contribution in [-0.2, 0) is 22.3 Å². The van der Waals surface area contributed by atoms with Gasteiger partial charge >= 0.3 is 12.1 Å². The molecule has 216 valence electrons. The Hall–Kier alpha value is -3.07. The van der Waals surface area contributed by atoms with Crippen LogP contribution in [0.4, 0.5) is 13.2 Å². The van der Waals surface area contributed by atoms with Crippen LogP contribution in [0.3, 0.4) is 0 Å². The van der Waals surface area contributed by atoms with Crippen molar-refractivity contribution in [3.8, 4) is 5.75 Å². The Morgan fingerprint density at radius 2 is 1.70 bits per heavy atom. The summed E-state index contributed by atoms with van der Waals surface area (Å²) in [6.07, 6.45) is -1.45. The van der Waals surface area contributed by atoms with E-state index in [1.165, 1.54) is 13.2 Å². The van der Waals surface area contributed by atoms with Crippen LogP contribution in [-0.4, -0.2) is 41.1 Å². The Morgan fingerprint density at radius 3 is 2.25 bits per heavy atom. The van der Waals surface area contributed by atoms with Crippen molar-refractivity contribution in [3.63, 3.8) is 0 Å². The van der Waals surface area contributed by atoms with Crippen molar-refractivity contribution in [1.82, 2.24) is 10.2 Å². The Kier molecular flexibility index (Phi) is 7.40. The second kappa shape index (κ2) is 10.4. The van der Waals surface area contributed by atoms with Crippen molar-refractivity contribution in [3.05, 3.63) is 65.2 Å². The van der Waals surface area contributed by atoms with Gasteiger partial charge in [0.1, 0.15) is 11.8 Å². The predicted octanol–water partition coefficient (Wildman–Crippen LogP) is 5.92. The molecule has 1 heterocycles. The van der Waals surface area contributed by atoms with Crippen molar-refractivity contribution in [2.24, 2.45) is 29.1 Å². The standard InChI is InChI=1S/C31H37F3N2O4/c1-30(2,3)24-25(35-16-18-15-19(31(32,33)34)13-14-22(18)40-4)26(17-9-6-5-7-10-17)36(27(24)29(38)39)28(37)23-20-11-8-12-21(20)23/h5-7,9-10,13-15,20-21,23-27,35H,8,11-12,16H2,1-4H3,(H,38,39)/t20?,21?,23?,24-,25-,26-,27-/m0/s1. The van der Waals surface area contributed by atoms with Gasteiger partial charge in [-0.15, -0.1) is 0 Å². The number of hydrogen-bond donors (Lipinski definition) is 2. The summed E-state index contributed by atoms with van der Waals surface area (Å²) in [6.45, 7) is 5.87. The molecule has 9 heteroatoms. The van der Waals surface area contributed by atoms with Crippen LogP contribution in [0.2, 0.25) is 0 Å². The maximum absolute atomic E-state index is 14.2. The van der Waals surface area contributed by atoms with E-state index in [0.29, 0.717) is 23.1 Å². The molecule has 3 fully saturated rings. The molecule has 0 spiro atoms. The lowest BCUT2D eigenvalue weighted by molar-refractivity contribution is -0.153. The second-order valence-corrected chi connectivity index (χ2v) is 12.5. The van der Waals surface area contributed by atoms with Gasteiger partial charge in [-0.25, -0.2) is 4.79 Å². The summed E-state index contributed by atoms with van der Waals surface area (Å²) in [7, 11) is 1.40. The van der Waals surface area contributed by atoms with Crippen molar-refractivity contribution in [2.75, 3.05) is 7.11 Å². The number of alkyl halides is 3. The van der Waals surface area contributed by atoms with Crippen LogP contribution in [0.1, 0.15) is 62.8 Å². The van der Waals surface area contributed by atoms with Gasteiger partial charge in [-0.3, -0.25) is 4.79 Å². The molecule has 2 N–H and O–H groups in total. The van der Waals surface area contributed by atoms with E-state index in [-0.39, 0.29) is 18.4 Å². The fraction of sp³-hybridized carbons (Fsp3) is 0.548. The molecular formula is C31H37F3N2O4. The Morgan fingerprint density at radius 1 is 1.05 bits per heavy atom. The van der Waals surface area contributed by atoms with Crippen LogP contribution in [0, 0.1) is 29.1 Å². The minimum atomic E-state index is -4.52. The molecule has 6 atom stereocenters. The lowest BCUT2D eigenvalue weighted by Crippen LogP contribution is -2.48. The summed E-state index contributed by atoms with van der Waals surface area (Å²) in [5.74, 6) is -0.942. The summed E-state index contributed by atoms with van der Waals surface area (Å²) in [6, 6.07) is 10.5. The quantitative estimate of drug-likeness (QED) is 0.441. The van der Waals surface area contributed by atoms with Crippen LogP contribution in [0.15, 0.2) is 48.5 Å². The molecular weight excluding hydrogens is 521 g/mol. The number of carbonyl (C=O) groups excluding carboxylic acids is 1. The molecule has 0 radical (unpaired) electrons. The number of hydrogen-bond acceptors (Lipinski definition) is 4. The molecule has 0 aromatic heterocycles. The number of carbonyl (C=O) groups is 2. The van der Waals surface area contributed by atoms with E-state index in [2.05, 4.69) is 5.32 Å². The third-order valence-electron chi connectivity index (χ3n) is 9.14. The number of carboxylic acid groups (broad SMARTS) is 1. The Balaban J connectivity index is 1.57. The number of methoxy groups -OCH3 is 1. The molecule has 2 aromatic rings. The fourth-order valence-electron chi connectivity index (χ4n) is 7.41. The number of nitrogens with one attached hydrogen (secondary N) is 1. The van der Waals surface area contributed by atoms with Gasteiger partial charge in [-0.2, -0.15) is 13.2 Å². The Bertz CT molecular complexity index is 1250. The van der Waals surface area contributed by atoms with Gasteiger partial charge < -0.3 is 20.1 Å². The van der Waals surface area contributed by atoms with Crippen LogP contribution >= 0.6 is 0 Å². The van der Waals surface area contributed by atoms with Gasteiger partial charge in [-0.1, -0.05) is 57.5 Å². The van der Waals surface area contributed by atoms with Gasteiger partial charge in [0.25, 0.3) is 0 Å². The third kappa shape index (κ3) is 5.08. The number of fused-ring (bicyclic) bond motifs is 1. The zero-order chi connectivity index (χ0) is 29.0. The van der Waals surface area contributed by atoms with E-state index in [4.69, 9.17) is 4.74 Å². The molecule has 5 rings (SSSR count). The molecule has 3 aliphatic rings. The SMILES string of the molecule is COc1ccc(C(F)(F)F)cc1CN[C@H]1[C@H](C(C)(C)C)[C@@H](C(=O)O)N(C(=O)C2C3CCCC32)[C@H]1c1ccccc1. The van der Waals surface area contributed by atoms with Crippen molar-refractivity contribution >= 4 is 11.9 Å². The van der Waals surface area contributed by atoms with E-state index in [1.807, 2.05) is 51.1 Å². The smallest absolute Gasteiger partial charge is 0.416 e. The number of halogens is 3. The highest BCUT2D eigenvalue weighted by atomic mass is 19.4. The predicted molar refractivity (Wildman–Crippen MR) is 143 cm³/mol. The van der Waals surface area contributed by atoms with Gasteiger partial charge in [0.2, 0.25) is 5.91 Å². The summed E-state index contributed by atoms with van der Waals surface area (Å²) in [5.41, 5.74) is -0.220. The minimum absolute atomic E-state index is 0.0106. The normalized spacial score (nSPS) is 29.8. The van der Waals surface area contributed by atoms with Crippen LogP contribution < -0.4 is 10.1 Å². The van der Waals surface area contributed by atoms with Crippen LogP contribution in [0.25, 0.3) is 0 Å². The van der Waals surface area contributed by atoms with E-state index >= 15 is 0 Å². The molecule has 6 nitrogen and oxygen atoms in total. The van der Waals surface area contributed by atoms with E-state index in [0.717, 1.165) is 37.0 Å². The number of likely N-dealkylation sites (tertiary alicyclic amines) is 1. The molecule has 2 aromatic carbocycles. The van der Waals surface area contributed by atoms with E-state index in [9.17, 15) is 27.9 Å². The molecule has 2 aliphatic carbocycles. The van der Waals surface area contributed by atoms with Gasteiger partial charge in [0.05, 0.1) is 18.7 Å². The van der Waals surface area contributed by atoms with Gasteiger partial charge in [0, 0.05) is 30.0 Å². The second-order valence-electron chi connectivity index (χ2n) is 12.5. The zero-order valence-electron chi connectivity index (χ0n) is 23.2. The average molecular weight is 559 g/mol. The number of carboxylic acids is 1. The lowest BCUT2D eigenvalue weighted by Gasteiger charge is -2.35. The molecule has 1 amide bonds. The summed E-state index contributed by atoms with van der Waals surface area (Å²) < 4.78 is 46.0. The van der Waals surface area contributed by atoms with E-state index < -0.39 is 47.2 Å². The number of aliphatic carboxylic acids is 1. The maximum atomic E-state index is 14.2. The number of ether oxygens (including phenoxy) is 1. The first kappa shape index (κ1) is 28.5. The fourth-order valence-corrected chi connectivity index (χ4v) is 7.41. The zero-order valence-corrected chi connectivity index (χ0v) is 23.2. The third-order valence-corrected chi connectivity index (χ3v) is 9.14. The molecule has 2 saturated carbocycles. The summed E-state index contributed by atoms with van der Waals surface area (Å²) in [5, 5.41) is 14.0. The first-order valence-electron chi connectivity index (χ1n) is 13.9. The highest BCUT2D eigenvalue weighted by molar-refractivity contribution is 5.89. The highest BCUT2D eigenvalue weighted by Gasteiger charge is 2.64. The van der Waals surface area contributed by atoms with Crippen molar-refractivity contribution < 1.29 is 32.6 Å². The maximum Gasteiger partial charge on any atom is 0.416 e. The number of benzene rings is 2. The molecule has 1 saturated heterocycles. The highest BCUT2D eigenvalue weighted by Crippen LogP contribution is 2.60. The minimum Gasteiger partial charge on any atom is -0.496 e. The van der Waals surface area contributed by atoms with E-state index in [1.54, 1.807) is 4.90 Å². The first-order chi connectivity index (χ1) is 18.8. The van der Waals surface area contributed by atoms with Gasteiger partial charge in [0.15, 0.2) is 0 Å². The molecule has 1 aliphatic heterocycles. The van der Waals surface area contributed by atoms with Crippen molar-refractivity contribution in [2.45, 2.75) is 70.9 Å². The van der Waals surface area contributed by atoms with Crippen molar-refractivity contribution in [1.29, 1.82) is 0 Å². The topological polar surface area (TPSA) is 78.9 Å². The van der Waals surface area contributed by atoms with Gasteiger partial charge in [-0.05, 0) is 53.9 Å². The first-order valence-corrected chi connectivity index (χ1v) is 13.9. The monoisotopic (exact) mass is 558 g/mol.